The number of hydrogen-bond donors (Lipinski definition) is 1. The summed E-state index contributed by atoms with van der Waals surface area (Å²) in [6.07, 6.45) is 0. The molecule has 1 N–H and O–H groups in total. The molecule has 0 bridgehead atoms. The molecule has 1 nitrogen and oxygen atoms in total. The van der Waals surface area contributed by atoms with Gasteiger partial charge in [0.15, 0.2) is 0 Å². The van der Waals surface area contributed by atoms with E-state index in [1.54, 1.807) is 23.9 Å². The largest absolute Gasteiger partial charge is 0.316 e. The van der Waals surface area contributed by atoms with Gasteiger partial charge in [-0.3, -0.25) is 0 Å². The molecule has 0 unspecified atom stereocenters. The Morgan fingerprint density at radius 2 is 1.84 bits per heavy atom. The van der Waals surface area contributed by atoms with Crippen LogP contribution in [0.3, 0.4) is 0 Å². The fourth-order valence-electron chi connectivity index (χ4n) is 1.76. The van der Waals surface area contributed by atoms with Crippen LogP contribution < -0.4 is 5.32 Å². The minimum absolute atomic E-state index is 0.189. The Balaban J connectivity index is 2.04. The normalized spacial score (nSPS) is 10.7. The third kappa shape index (κ3) is 4.53. The summed E-state index contributed by atoms with van der Waals surface area (Å²) in [5.41, 5.74) is 2.13. The third-order valence-corrected chi connectivity index (χ3v) is 3.93. The molecule has 0 heterocycles. The molecule has 19 heavy (non-hydrogen) atoms. The fraction of sp³-hybridized carbons (Fsp3) is 0.200. The van der Waals surface area contributed by atoms with Gasteiger partial charge in [-0.25, -0.2) is 4.39 Å². The number of halogens is 2. The lowest BCUT2D eigenvalue weighted by molar-refractivity contribution is 0.619. The Morgan fingerprint density at radius 3 is 2.53 bits per heavy atom. The Kier molecular flexibility index (Phi) is 5.25. The highest BCUT2D eigenvalue weighted by Gasteiger charge is 2.02. The average Bonchev–Trinajstić information content (AvgIpc) is 2.38. The standard InChI is InChI=1S/C15H15ClFNS/c1-18-9-12-6-14(17)8-15(7-12)19-10-11-2-4-13(16)5-3-11/h2-8,18H,9-10H2,1H3. The van der Waals surface area contributed by atoms with Crippen molar-refractivity contribution in [1.82, 2.24) is 5.32 Å². The number of nitrogens with one attached hydrogen (secondary N) is 1. The van der Waals surface area contributed by atoms with Crippen LogP contribution in [0.2, 0.25) is 5.02 Å². The first-order valence-corrected chi connectivity index (χ1v) is 7.35. The van der Waals surface area contributed by atoms with Gasteiger partial charge in [-0.05, 0) is 48.5 Å². The van der Waals surface area contributed by atoms with Gasteiger partial charge in [-0.15, -0.1) is 11.8 Å². The lowest BCUT2D eigenvalue weighted by Gasteiger charge is -2.06. The van der Waals surface area contributed by atoms with E-state index in [9.17, 15) is 4.39 Å². The predicted octanol–water partition coefficient (Wildman–Crippen LogP) is 4.49. The van der Waals surface area contributed by atoms with Crippen molar-refractivity contribution in [3.8, 4) is 0 Å². The average molecular weight is 296 g/mol. The smallest absolute Gasteiger partial charge is 0.124 e. The molecule has 2 aromatic rings. The van der Waals surface area contributed by atoms with Crippen molar-refractivity contribution in [2.24, 2.45) is 0 Å². The second-order valence-corrected chi connectivity index (χ2v) is 5.73. The Morgan fingerprint density at radius 1 is 1.11 bits per heavy atom. The first-order chi connectivity index (χ1) is 9.17. The van der Waals surface area contributed by atoms with Crippen LogP contribution in [0.25, 0.3) is 0 Å². The molecule has 0 saturated heterocycles. The van der Waals surface area contributed by atoms with Gasteiger partial charge in [-0.1, -0.05) is 23.7 Å². The first-order valence-electron chi connectivity index (χ1n) is 5.98. The lowest BCUT2D eigenvalue weighted by Crippen LogP contribution is -2.05. The van der Waals surface area contributed by atoms with Gasteiger partial charge in [-0.2, -0.15) is 0 Å². The SMILES string of the molecule is CNCc1cc(F)cc(SCc2ccc(Cl)cc2)c1. The van der Waals surface area contributed by atoms with Crippen molar-refractivity contribution in [3.05, 3.63) is 64.4 Å². The highest BCUT2D eigenvalue weighted by molar-refractivity contribution is 7.98. The highest BCUT2D eigenvalue weighted by atomic mass is 35.5. The van der Waals surface area contributed by atoms with Gasteiger partial charge >= 0.3 is 0 Å². The molecule has 0 aliphatic carbocycles. The van der Waals surface area contributed by atoms with E-state index in [2.05, 4.69) is 5.32 Å². The van der Waals surface area contributed by atoms with Gasteiger partial charge in [0.05, 0.1) is 0 Å². The summed E-state index contributed by atoms with van der Waals surface area (Å²) >= 11 is 7.46. The van der Waals surface area contributed by atoms with Crippen LogP contribution in [0, 0.1) is 5.82 Å². The molecule has 0 radical (unpaired) electrons. The summed E-state index contributed by atoms with van der Waals surface area (Å²) in [5.74, 6) is 0.617. The quantitative estimate of drug-likeness (QED) is 0.816. The van der Waals surface area contributed by atoms with E-state index in [-0.39, 0.29) is 5.82 Å². The molecule has 4 heteroatoms. The van der Waals surface area contributed by atoms with Crippen LogP contribution in [0.5, 0.6) is 0 Å². The minimum atomic E-state index is -0.189. The number of hydrogen-bond acceptors (Lipinski definition) is 2. The highest BCUT2D eigenvalue weighted by Crippen LogP contribution is 2.25. The Hall–Kier alpha value is -1.03. The van der Waals surface area contributed by atoms with Gasteiger partial charge in [0.1, 0.15) is 5.82 Å². The van der Waals surface area contributed by atoms with Gasteiger partial charge < -0.3 is 5.32 Å². The van der Waals surface area contributed by atoms with Crippen molar-refractivity contribution in [3.63, 3.8) is 0 Å². The van der Waals surface area contributed by atoms with Crippen molar-refractivity contribution in [1.29, 1.82) is 0 Å². The summed E-state index contributed by atoms with van der Waals surface area (Å²) in [4.78, 5) is 0.945. The lowest BCUT2D eigenvalue weighted by atomic mass is 10.2. The topological polar surface area (TPSA) is 12.0 Å². The molecule has 100 valence electrons. The molecule has 0 fully saturated rings. The molecule has 0 aliphatic heterocycles. The van der Waals surface area contributed by atoms with Crippen LogP contribution in [0.1, 0.15) is 11.1 Å². The minimum Gasteiger partial charge on any atom is -0.316 e. The Bertz CT molecular complexity index is 542. The molecular weight excluding hydrogens is 281 g/mol. The zero-order valence-corrected chi connectivity index (χ0v) is 12.2. The molecule has 2 rings (SSSR count). The van der Waals surface area contributed by atoms with E-state index in [1.165, 1.54) is 5.56 Å². The Labute approximate surface area is 122 Å². The van der Waals surface area contributed by atoms with Crippen LogP contribution in [0.15, 0.2) is 47.4 Å². The molecule has 0 amide bonds. The third-order valence-electron chi connectivity index (χ3n) is 2.63. The van der Waals surface area contributed by atoms with Crippen LogP contribution in [-0.4, -0.2) is 7.05 Å². The molecule has 0 atom stereocenters. The van der Waals surface area contributed by atoms with Gasteiger partial charge in [0.2, 0.25) is 0 Å². The van der Waals surface area contributed by atoms with E-state index >= 15 is 0 Å². The van der Waals surface area contributed by atoms with E-state index in [0.717, 1.165) is 21.2 Å². The zero-order valence-electron chi connectivity index (χ0n) is 10.6. The molecule has 0 spiro atoms. The van der Waals surface area contributed by atoms with Crippen LogP contribution >= 0.6 is 23.4 Å². The summed E-state index contributed by atoms with van der Waals surface area (Å²) < 4.78 is 13.5. The maximum atomic E-state index is 13.5. The second kappa shape index (κ2) is 6.94. The van der Waals surface area contributed by atoms with Gasteiger partial charge in [0.25, 0.3) is 0 Å². The maximum Gasteiger partial charge on any atom is 0.124 e. The van der Waals surface area contributed by atoms with E-state index in [4.69, 9.17) is 11.6 Å². The van der Waals surface area contributed by atoms with Crippen molar-refractivity contribution in [2.45, 2.75) is 17.2 Å². The van der Waals surface area contributed by atoms with Crippen molar-refractivity contribution >= 4 is 23.4 Å². The first kappa shape index (κ1) is 14.4. The molecule has 0 saturated carbocycles. The predicted molar refractivity (Wildman–Crippen MR) is 80.2 cm³/mol. The van der Waals surface area contributed by atoms with Crippen LogP contribution in [0.4, 0.5) is 4.39 Å². The molecule has 2 aromatic carbocycles. The van der Waals surface area contributed by atoms with Crippen molar-refractivity contribution < 1.29 is 4.39 Å². The molecule has 0 aromatic heterocycles. The second-order valence-electron chi connectivity index (χ2n) is 4.24. The number of thioether (sulfide) groups is 1. The molecular formula is C15H15ClFNS. The summed E-state index contributed by atoms with van der Waals surface area (Å²) in [6, 6.07) is 12.9. The van der Waals surface area contributed by atoms with E-state index in [1.807, 2.05) is 37.4 Å². The monoisotopic (exact) mass is 295 g/mol. The molecule has 0 aliphatic rings. The maximum absolute atomic E-state index is 13.5. The van der Waals surface area contributed by atoms with E-state index < -0.39 is 0 Å². The fourth-order valence-corrected chi connectivity index (χ4v) is 2.84. The van der Waals surface area contributed by atoms with E-state index in [0.29, 0.717) is 6.54 Å². The van der Waals surface area contributed by atoms with Gasteiger partial charge in [0, 0.05) is 22.2 Å². The number of rotatable bonds is 5. The zero-order chi connectivity index (χ0) is 13.7. The summed E-state index contributed by atoms with van der Waals surface area (Å²) in [7, 11) is 1.85. The van der Waals surface area contributed by atoms with Crippen molar-refractivity contribution in [2.75, 3.05) is 7.05 Å². The summed E-state index contributed by atoms with van der Waals surface area (Å²) in [6.45, 7) is 0.673. The van der Waals surface area contributed by atoms with Crippen LogP contribution in [-0.2, 0) is 12.3 Å². The number of benzene rings is 2. The summed E-state index contributed by atoms with van der Waals surface area (Å²) in [5, 5.41) is 3.76.